The molecule has 8 heteroatoms. The van der Waals surface area contributed by atoms with E-state index >= 15 is 0 Å². The van der Waals surface area contributed by atoms with E-state index in [4.69, 9.17) is 0 Å². The minimum Gasteiger partial charge on any atom is -0.340 e. The first-order valence-electron chi connectivity index (χ1n) is 8.12. The van der Waals surface area contributed by atoms with E-state index in [9.17, 15) is 8.42 Å². The van der Waals surface area contributed by atoms with Gasteiger partial charge in [-0.3, -0.25) is 4.72 Å². The molecule has 0 amide bonds. The first-order valence-corrected chi connectivity index (χ1v) is 9.61. The largest absolute Gasteiger partial charge is 0.340 e. The Morgan fingerprint density at radius 1 is 0.778 bits per heavy atom. The normalized spacial score (nSPS) is 11.3. The molecule has 0 spiro atoms. The average Bonchev–Trinajstić information content (AvgIpc) is 2.69. The lowest BCUT2D eigenvalue weighted by molar-refractivity contribution is 0.601. The van der Waals surface area contributed by atoms with Crippen molar-refractivity contribution in [3.8, 4) is 0 Å². The highest BCUT2D eigenvalue weighted by Gasteiger charge is 2.14. The lowest BCUT2D eigenvalue weighted by Crippen LogP contribution is -2.13. The molecule has 2 aromatic heterocycles. The maximum Gasteiger partial charge on any atom is 0.263 e. The van der Waals surface area contributed by atoms with Crippen LogP contribution in [0.2, 0.25) is 0 Å². The predicted octanol–water partition coefficient (Wildman–Crippen LogP) is 3.57. The van der Waals surface area contributed by atoms with Crippen molar-refractivity contribution in [1.82, 2.24) is 15.0 Å². The number of para-hydroxylation sites is 1. The van der Waals surface area contributed by atoms with Crippen LogP contribution in [-0.2, 0) is 10.0 Å². The molecule has 2 aromatic carbocycles. The van der Waals surface area contributed by atoms with Crippen LogP contribution in [0.3, 0.4) is 0 Å². The van der Waals surface area contributed by atoms with Crippen molar-refractivity contribution in [1.29, 1.82) is 0 Å². The van der Waals surface area contributed by atoms with E-state index in [0.717, 1.165) is 16.6 Å². The van der Waals surface area contributed by atoms with Gasteiger partial charge in [-0.1, -0.05) is 18.2 Å². The number of pyridine rings is 1. The van der Waals surface area contributed by atoms with E-state index in [-0.39, 0.29) is 10.7 Å². The van der Waals surface area contributed by atoms with Crippen molar-refractivity contribution in [2.75, 3.05) is 10.0 Å². The summed E-state index contributed by atoms with van der Waals surface area (Å²) in [5.41, 5.74) is 1.55. The van der Waals surface area contributed by atoms with Crippen molar-refractivity contribution < 1.29 is 8.42 Å². The molecule has 0 aliphatic carbocycles. The molecule has 0 saturated carbocycles. The number of anilines is 3. The highest BCUT2D eigenvalue weighted by Crippen LogP contribution is 2.24. The third kappa shape index (κ3) is 3.70. The molecular weight excluding hydrogens is 362 g/mol. The molecule has 4 aromatic rings. The number of aromatic nitrogens is 3. The fourth-order valence-electron chi connectivity index (χ4n) is 2.58. The molecule has 0 aliphatic heterocycles. The number of nitrogens with one attached hydrogen (secondary N) is 2. The van der Waals surface area contributed by atoms with Crippen LogP contribution < -0.4 is 10.0 Å². The molecule has 0 radical (unpaired) electrons. The van der Waals surface area contributed by atoms with Crippen LogP contribution in [0.25, 0.3) is 10.9 Å². The molecule has 2 N–H and O–H groups in total. The third-order valence-corrected chi connectivity index (χ3v) is 5.24. The maximum atomic E-state index is 12.5. The highest BCUT2D eigenvalue weighted by atomic mass is 32.2. The monoisotopic (exact) mass is 377 g/mol. The number of hydrogen-bond acceptors (Lipinski definition) is 6. The first kappa shape index (κ1) is 16.9. The Morgan fingerprint density at radius 3 is 2.33 bits per heavy atom. The van der Waals surface area contributed by atoms with Gasteiger partial charge in [-0.2, -0.15) is 0 Å². The zero-order chi connectivity index (χ0) is 18.7. The molecule has 0 aliphatic rings. The summed E-state index contributed by atoms with van der Waals surface area (Å²) in [5.74, 6) is 0.926. The van der Waals surface area contributed by atoms with Crippen LogP contribution in [0.1, 0.15) is 0 Å². The second-order valence-corrected chi connectivity index (χ2v) is 7.39. The van der Waals surface area contributed by atoms with Gasteiger partial charge in [0.05, 0.1) is 10.4 Å². The summed E-state index contributed by atoms with van der Waals surface area (Å²) >= 11 is 0. The fraction of sp³-hybridized carbons (Fsp3) is 0. The van der Waals surface area contributed by atoms with Crippen molar-refractivity contribution in [3.63, 3.8) is 0 Å². The average molecular weight is 377 g/mol. The van der Waals surface area contributed by atoms with Crippen molar-refractivity contribution in [3.05, 3.63) is 79.3 Å². The van der Waals surface area contributed by atoms with Gasteiger partial charge in [-0.25, -0.2) is 23.4 Å². The van der Waals surface area contributed by atoms with Gasteiger partial charge in [0.15, 0.2) is 0 Å². The summed E-state index contributed by atoms with van der Waals surface area (Å²) in [4.78, 5) is 12.6. The van der Waals surface area contributed by atoms with Gasteiger partial charge in [-0.15, -0.1) is 0 Å². The zero-order valence-corrected chi connectivity index (χ0v) is 14.9. The lowest BCUT2D eigenvalue weighted by Gasteiger charge is -2.10. The van der Waals surface area contributed by atoms with Crippen LogP contribution in [0.5, 0.6) is 0 Å². The van der Waals surface area contributed by atoms with E-state index in [1.54, 1.807) is 30.3 Å². The Balaban J connectivity index is 1.57. The van der Waals surface area contributed by atoms with Crippen molar-refractivity contribution in [2.45, 2.75) is 4.90 Å². The van der Waals surface area contributed by atoms with E-state index in [2.05, 4.69) is 25.0 Å². The van der Waals surface area contributed by atoms with Crippen molar-refractivity contribution in [2.24, 2.45) is 0 Å². The molecule has 0 bridgehead atoms. The summed E-state index contributed by atoms with van der Waals surface area (Å²) in [6.45, 7) is 0. The van der Waals surface area contributed by atoms with E-state index in [1.165, 1.54) is 24.7 Å². The minimum absolute atomic E-state index is 0.145. The molecule has 4 rings (SSSR count). The summed E-state index contributed by atoms with van der Waals surface area (Å²) in [6.07, 6.45) is 3.01. The summed E-state index contributed by atoms with van der Waals surface area (Å²) < 4.78 is 27.4. The Hall–Kier alpha value is -3.52. The van der Waals surface area contributed by atoms with Crippen LogP contribution in [0, 0.1) is 0 Å². The SMILES string of the molecule is O=S(=O)(Nc1ccccn1)c1ccc(Nc2ncnc3ccccc23)cc1. The molecule has 2 heterocycles. The van der Waals surface area contributed by atoms with Crippen molar-refractivity contribution >= 4 is 38.2 Å². The molecule has 0 unspecified atom stereocenters. The lowest BCUT2D eigenvalue weighted by atomic mass is 10.2. The Bertz CT molecular complexity index is 1170. The van der Waals surface area contributed by atoms with Gasteiger partial charge in [0.25, 0.3) is 10.0 Å². The quantitative estimate of drug-likeness (QED) is 0.552. The summed E-state index contributed by atoms with van der Waals surface area (Å²) in [6, 6.07) is 19.1. The van der Waals surface area contributed by atoms with Gasteiger partial charge in [0.2, 0.25) is 0 Å². The highest BCUT2D eigenvalue weighted by molar-refractivity contribution is 7.92. The molecule has 7 nitrogen and oxygen atoms in total. The van der Waals surface area contributed by atoms with Gasteiger partial charge >= 0.3 is 0 Å². The maximum absolute atomic E-state index is 12.5. The number of fused-ring (bicyclic) bond motifs is 1. The third-order valence-electron chi connectivity index (χ3n) is 3.87. The second-order valence-electron chi connectivity index (χ2n) is 5.71. The number of hydrogen-bond donors (Lipinski definition) is 2. The van der Waals surface area contributed by atoms with Gasteiger partial charge in [0, 0.05) is 17.3 Å². The minimum atomic E-state index is -3.70. The molecular formula is C19H15N5O2S. The standard InChI is InChI=1S/C19H15N5O2S/c25-27(26,24-18-7-3-4-12-20-18)15-10-8-14(9-11-15)23-19-16-5-1-2-6-17(16)21-13-22-19/h1-13H,(H,20,24)(H,21,22,23). The Labute approximate surface area is 156 Å². The molecule has 27 heavy (non-hydrogen) atoms. The van der Waals surface area contributed by atoms with E-state index in [0.29, 0.717) is 5.82 Å². The van der Waals surface area contributed by atoms with Crippen LogP contribution in [-0.4, -0.2) is 23.4 Å². The number of sulfonamides is 1. The van der Waals surface area contributed by atoms with Gasteiger partial charge in [0.1, 0.15) is 18.0 Å². The number of benzene rings is 2. The Kier molecular flexibility index (Phi) is 4.39. The predicted molar refractivity (Wildman–Crippen MR) is 104 cm³/mol. The van der Waals surface area contributed by atoms with Gasteiger partial charge < -0.3 is 5.32 Å². The molecule has 0 fully saturated rings. The topological polar surface area (TPSA) is 96.9 Å². The zero-order valence-electron chi connectivity index (χ0n) is 14.1. The first-order chi connectivity index (χ1) is 13.1. The second kappa shape index (κ2) is 7.00. The van der Waals surface area contributed by atoms with Crippen LogP contribution in [0.4, 0.5) is 17.3 Å². The summed E-state index contributed by atoms with van der Waals surface area (Å²) in [7, 11) is -3.70. The molecule has 134 valence electrons. The van der Waals surface area contributed by atoms with E-state index < -0.39 is 10.0 Å². The smallest absolute Gasteiger partial charge is 0.263 e. The molecule has 0 atom stereocenters. The van der Waals surface area contributed by atoms with E-state index in [1.807, 2.05) is 24.3 Å². The Morgan fingerprint density at radius 2 is 1.56 bits per heavy atom. The number of nitrogens with zero attached hydrogens (tertiary/aromatic N) is 3. The van der Waals surface area contributed by atoms with Gasteiger partial charge in [-0.05, 0) is 48.5 Å². The molecule has 0 saturated heterocycles. The summed E-state index contributed by atoms with van der Waals surface area (Å²) in [5, 5.41) is 4.08. The fourth-order valence-corrected chi connectivity index (χ4v) is 3.59. The van der Waals surface area contributed by atoms with Crippen LogP contribution >= 0.6 is 0 Å². The van der Waals surface area contributed by atoms with Crippen LogP contribution in [0.15, 0.2) is 84.1 Å². The number of rotatable bonds is 5.